The number of nitrogens with zero attached hydrogens (tertiary/aromatic N) is 1. The third-order valence-electron chi connectivity index (χ3n) is 3.67. The van der Waals surface area contributed by atoms with Gasteiger partial charge in [0, 0.05) is 24.6 Å². The van der Waals surface area contributed by atoms with E-state index in [1.165, 1.54) is 0 Å². The molecule has 1 unspecified atom stereocenters. The second-order valence-corrected chi connectivity index (χ2v) is 5.24. The van der Waals surface area contributed by atoms with Crippen LogP contribution in [0.5, 0.6) is 0 Å². The molecular weight excluding hydrogens is 200 g/mol. The summed E-state index contributed by atoms with van der Waals surface area (Å²) in [5.41, 5.74) is 0.0758. The van der Waals surface area contributed by atoms with Crippen molar-refractivity contribution in [1.82, 2.24) is 10.2 Å². The molecular formula is C13H30N2O. The van der Waals surface area contributed by atoms with Gasteiger partial charge in [-0.25, -0.2) is 0 Å². The first-order valence-electron chi connectivity index (χ1n) is 6.48. The summed E-state index contributed by atoms with van der Waals surface area (Å²) in [7, 11) is 4.20. The summed E-state index contributed by atoms with van der Waals surface area (Å²) in [6.45, 7) is 8.85. The fraction of sp³-hybridized carbons (Fsp3) is 1.00. The molecule has 0 aliphatic carbocycles. The maximum atomic E-state index is 9.46. The first-order chi connectivity index (χ1) is 7.49. The number of hydrogen-bond acceptors (Lipinski definition) is 3. The van der Waals surface area contributed by atoms with Crippen molar-refractivity contribution < 1.29 is 5.11 Å². The van der Waals surface area contributed by atoms with Crippen LogP contribution in [0.4, 0.5) is 0 Å². The van der Waals surface area contributed by atoms with Crippen molar-refractivity contribution in [3.05, 3.63) is 0 Å². The second kappa shape index (κ2) is 8.04. The molecule has 0 radical (unpaired) electrons. The van der Waals surface area contributed by atoms with E-state index < -0.39 is 0 Å². The molecule has 0 aromatic carbocycles. The van der Waals surface area contributed by atoms with Gasteiger partial charge in [-0.05, 0) is 46.8 Å². The van der Waals surface area contributed by atoms with Gasteiger partial charge in [0.25, 0.3) is 0 Å². The molecule has 16 heavy (non-hydrogen) atoms. The van der Waals surface area contributed by atoms with Crippen molar-refractivity contribution in [3.63, 3.8) is 0 Å². The lowest BCUT2D eigenvalue weighted by Crippen LogP contribution is -2.41. The van der Waals surface area contributed by atoms with Crippen molar-refractivity contribution >= 4 is 0 Å². The third kappa shape index (κ3) is 5.83. The molecule has 0 bridgehead atoms. The van der Waals surface area contributed by atoms with Gasteiger partial charge in [-0.15, -0.1) is 0 Å². The smallest absolute Gasteiger partial charge is 0.0499 e. The average Bonchev–Trinajstić information content (AvgIpc) is 2.29. The summed E-state index contributed by atoms with van der Waals surface area (Å²) in [5, 5.41) is 13.0. The maximum absolute atomic E-state index is 9.46. The number of rotatable bonds is 9. The van der Waals surface area contributed by atoms with Crippen molar-refractivity contribution in [2.45, 2.75) is 46.1 Å². The Bertz CT molecular complexity index is 159. The van der Waals surface area contributed by atoms with Gasteiger partial charge >= 0.3 is 0 Å². The zero-order valence-corrected chi connectivity index (χ0v) is 11.7. The monoisotopic (exact) mass is 230 g/mol. The van der Waals surface area contributed by atoms with Crippen LogP contribution in [-0.4, -0.2) is 49.8 Å². The zero-order valence-electron chi connectivity index (χ0n) is 11.7. The summed E-state index contributed by atoms with van der Waals surface area (Å²) in [6.07, 6.45) is 3.22. The lowest BCUT2D eigenvalue weighted by atomic mass is 9.83. The molecule has 1 atom stereocenters. The van der Waals surface area contributed by atoms with E-state index in [0.29, 0.717) is 6.04 Å². The molecule has 0 heterocycles. The number of aliphatic hydroxyl groups is 1. The van der Waals surface area contributed by atoms with Crippen LogP contribution in [0.1, 0.15) is 40.0 Å². The van der Waals surface area contributed by atoms with E-state index in [-0.39, 0.29) is 12.0 Å². The maximum Gasteiger partial charge on any atom is 0.0499 e. The predicted octanol–water partition coefficient (Wildman–Crippen LogP) is 1.71. The second-order valence-electron chi connectivity index (χ2n) is 5.24. The highest BCUT2D eigenvalue weighted by Gasteiger charge is 2.25. The first kappa shape index (κ1) is 15.9. The molecule has 2 N–H and O–H groups in total. The Morgan fingerprint density at radius 3 is 2.19 bits per heavy atom. The van der Waals surface area contributed by atoms with E-state index in [4.69, 9.17) is 0 Å². The lowest BCUT2D eigenvalue weighted by molar-refractivity contribution is 0.109. The van der Waals surface area contributed by atoms with Crippen molar-refractivity contribution in [2.24, 2.45) is 5.41 Å². The van der Waals surface area contributed by atoms with Gasteiger partial charge in [0.1, 0.15) is 0 Å². The van der Waals surface area contributed by atoms with E-state index >= 15 is 0 Å². The van der Waals surface area contributed by atoms with Crippen LogP contribution < -0.4 is 5.32 Å². The molecule has 0 fully saturated rings. The molecule has 98 valence electrons. The van der Waals surface area contributed by atoms with Crippen LogP contribution in [0.25, 0.3) is 0 Å². The fourth-order valence-corrected chi connectivity index (χ4v) is 1.72. The van der Waals surface area contributed by atoms with Gasteiger partial charge in [-0.2, -0.15) is 0 Å². The largest absolute Gasteiger partial charge is 0.396 e. The molecule has 0 rings (SSSR count). The zero-order chi connectivity index (χ0) is 12.6. The van der Waals surface area contributed by atoms with Crippen LogP contribution >= 0.6 is 0 Å². The van der Waals surface area contributed by atoms with Gasteiger partial charge in [0.2, 0.25) is 0 Å². The summed E-state index contributed by atoms with van der Waals surface area (Å²) < 4.78 is 0. The number of nitrogens with one attached hydrogen (secondary N) is 1. The number of hydrogen-bond donors (Lipinski definition) is 2. The Morgan fingerprint density at radius 2 is 1.81 bits per heavy atom. The molecule has 0 amide bonds. The van der Waals surface area contributed by atoms with E-state index in [0.717, 1.165) is 32.4 Å². The highest BCUT2D eigenvalue weighted by atomic mass is 16.3. The molecule has 0 aromatic rings. The van der Waals surface area contributed by atoms with Gasteiger partial charge < -0.3 is 15.3 Å². The number of aliphatic hydroxyl groups excluding tert-OH is 1. The van der Waals surface area contributed by atoms with Gasteiger partial charge in [0.15, 0.2) is 0 Å². The molecule has 0 saturated heterocycles. The average molecular weight is 230 g/mol. The molecule has 0 spiro atoms. The molecule has 0 aliphatic heterocycles. The summed E-state index contributed by atoms with van der Waals surface area (Å²) in [4.78, 5) is 2.21. The van der Waals surface area contributed by atoms with Crippen LogP contribution in [0.2, 0.25) is 0 Å². The van der Waals surface area contributed by atoms with Crippen molar-refractivity contribution in [3.8, 4) is 0 Å². The van der Waals surface area contributed by atoms with Gasteiger partial charge in [0.05, 0.1) is 0 Å². The Hall–Kier alpha value is -0.120. The lowest BCUT2D eigenvalue weighted by Gasteiger charge is -2.31. The Morgan fingerprint density at radius 1 is 1.25 bits per heavy atom. The normalized spacial score (nSPS) is 14.4. The summed E-state index contributed by atoms with van der Waals surface area (Å²) in [5.74, 6) is 0. The fourth-order valence-electron chi connectivity index (χ4n) is 1.72. The minimum Gasteiger partial charge on any atom is -0.396 e. The van der Waals surface area contributed by atoms with E-state index in [2.05, 4.69) is 45.1 Å². The van der Waals surface area contributed by atoms with Crippen molar-refractivity contribution in [1.29, 1.82) is 0 Å². The molecule has 0 saturated carbocycles. The Labute approximate surface area is 101 Å². The van der Waals surface area contributed by atoms with Crippen LogP contribution in [-0.2, 0) is 0 Å². The molecule has 3 heteroatoms. The third-order valence-corrected chi connectivity index (χ3v) is 3.67. The van der Waals surface area contributed by atoms with E-state index in [1.54, 1.807) is 0 Å². The van der Waals surface area contributed by atoms with Crippen LogP contribution in [0, 0.1) is 5.41 Å². The Kier molecular flexibility index (Phi) is 7.98. The highest BCUT2D eigenvalue weighted by Crippen LogP contribution is 2.24. The van der Waals surface area contributed by atoms with Gasteiger partial charge in [-0.1, -0.05) is 13.8 Å². The standard InChI is InChI=1S/C13H30N2O/c1-6-13(7-2,11-16)10-14-12(3)8-9-15(4)5/h12,14,16H,6-11H2,1-5H3. The molecule has 0 aromatic heterocycles. The van der Waals surface area contributed by atoms with Crippen LogP contribution in [0.15, 0.2) is 0 Å². The minimum atomic E-state index is 0.0758. The SMILES string of the molecule is CCC(CC)(CO)CNC(C)CCN(C)C. The highest BCUT2D eigenvalue weighted by molar-refractivity contribution is 4.79. The van der Waals surface area contributed by atoms with E-state index in [9.17, 15) is 5.11 Å². The summed E-state index contributed by atoms with van der Waals surface area (Å²) >= 11 is 0. The van der Waals surface area contributed by atoms with Crippen LogP contribution in [0.3, 0.4) is 0 Å². The molecule has 0 aliphatic rings. The topological polar surface area (TPSA) is 35.5 Å². The Balaban J connectivity index is 3.91. The first-order valence-corrected chi connectivity index (χ1v) is 6.48. The predicted molar refractivity (Wildman–Crippen MR) is 70.7 cm³/mol. The van der Waals surface area contributed by atoms with Gasteiger partial charge in [-0.3, -0.25) is 0 Å². The molecule has 3 nitrogen and oxygen atoms in total. The minimum absolute atomic E-state index is 0.0758. The van der Waals surface area contributed by atoms with Crippen molar-refractivity contribution in [2.75, 3.05) is 33.8 Å². The quantitative estimate of drug-likeness (QED) is 0.633. The summed E-state index contributed by atoms with van der Waals surface area (Å²) in [6, 6.07) is 0.520. The van der Waals surface area contributed by atoms with E-state index in [1.807, 2.05) is 0 Å².